The van der Waals surface area contributed by atoms with Crippen molar-refractivity contribution in [3.8, 4) is 5.75 Å². The van der Waals surface area contributed by atoms with Crippen molar-refractivity contribution in [1.29, 1.82) is 0 Å². The minimum Gasteiger partial charge on any atom is -0.494 e. The molecule has 1 aliphatic heterocycles. The van der Waals surface area contributed by atoms with Crippen molar-refractivity contribution >= 4 is 11.6 Å². The van der Waals surface area contributed by atoms with Crippen molar-refractivity contribution in [1.82, 2.24) is 15.6 Å². The largest absolute Gasteiger partial charge is 0.494 e. The van der Waals surface area contributed by atoms with Crippen LogP contribution in [-0.2, 0) is 23.3 Å². The van der Waals surface area contributed by atoms with Crippen LogP contribution in [-0.4, -0.2) is 54.9 Å². The van der Waals surface area contributed by atoms with E-state index >= 15 is 0 Å². The Kier molecular flexibility index (Phi) is 9.77. The monoisotopic (exact) mass is 572 g/mol. The summed E-state index contributed by atoms with van der Waals surface area (Å²) in [5, 5.41) is 21.7. The van der Waals surface area contributed by atoms with Gasteiger partial charge in [-0.3, -0.25) is 9.78 Å². The van der Waals surface area contributed by atoms with Crippen molar-refractivity contribution in [2.75, 3.05) is 32.1 Å². The topological polar surface area (TPSA) is 105 Å². The Hall–Kier alpha value is -3.46. The second-order valence-corrected chi connectivity index (χ2v) is 11.9. The highest BCUT2D eigenvalue weighted by Gasteiger charge is 2.46. The highest BCUT2D eigenvalue weighted by molar-refractivity contribution is 5.95. The Morgan fingerprint density at radius 3 is 2.79 bits per heavy atom. The summed E-state index contributed by atoms with van der Waals surface area (Å²) in [7, 11) is 1.65. The predicted molar refractivity (Wildman–Crippen MR) is 165 cm³/mol. The number of ether oxygens (including phenoxy) is 2. The highest BCUT2D eigenvalue weighted by atomic mass is 16.5. The van der Waals surface area contributed by atoms with E-state index in [1.165, 1.54) is 5.56 Å². The standard InChI is InChI=1S/C34H44N4O4/c1-23(2)26-9-13-36-32(20-26)34(10-11-34)37-21-31(39)30-18-24-7-6-8-29(17-24)42-14-5-4-12-35-28-16-25(22-41-3)15-27(19-28)33(40)38-30/h6-9,13,15-17,19-20,23,30-31,35,37,39H,4-5,10-12,14,18,21-22H2,1-3H3,(H,38,40)/t30-,31+/m0/s1. The molecule has 4 bridgehead atoms. The Morgan fingerprint density at radius 2 is 2.00 bits per heavy atom. The maximum absolute atomic E-state index is 13.7. The quantitative estimate of drug-likeness (QED) is 0.304. The first-order valence-corrected chi connectivity index (χ1v) is 15.1. The molecule has 0 saturated heterocycles. The van der Waals surface area contributed by atoms with Crippen LogP contribution in [0, 0.1) is 0 Å². The summed E-state index contributed by atoms with van der Waals surface area (Å²) in [6.07, 6.45) is 5.29. The summed E-state index contributed by atoms with van der Waals surface area (Å²) in [6, 6.07) is 17.4. The smallest absolute Gasteiger partial charge is 0.251 e. The van der Waals surface area contributed by atoms with Crippen LogP contribution in [0.25, 0.3) is 0 Å². The SMILES string of the molecule is COCc1cc2cc(c1)C(=O)N[C@H]([C@H](O)CNC1(c3cc(C(C)C)ccn3)CC1)Cc1cccc(c1)OCCCCN2. The molecule has 224 valence electrons. The number of rotatable bonds is 8. The number of aliphatic hydroxyl groups is 1. The number of hydrogen-bond acceptors (Lipinski definition) is 7. The Morgan fingerprint density at radius 1 is 1.14 bits per heavy atom. The molecule has 8 heteroatoms. The van der Waals surface area contributed by atoms with Crippen LogP contribution in [0.5, 0.6) is 5.75 Å². The molecule has 4 N–H and O–H groups in total. The van der Waals surface area contributed by atoms with Crippen molar-refractivity contribution in [2.45, 2.75) is 76.2 Å². The molecule has 1 amide bonds. The summed E-state index contributed by atoms with van der Waals surface area (Å²) in [5.41, 5.74) is 5.35. The number of amides is 1. The molecular weight excluding hydrogens is 528 g/mol. The number of pyridine rings is 1. The van der Waals surface area contributed by atoms with Crippen molar-refractivity contribution in [3.05, 3.63) is 88.7 Å². The van der Waals surface area contributed by atoms with E-state index in [0.717, 1.165) is 60.5 Å². The van der Waals surface area contributed by atoms with Gasteiger partial charge in [-0.05, 0) is 97.2 Å². The Balaban J connectivity index is 1.38. The van der Waals surface area contributed by atoms with E-state index in [1.807, 2.05) is 48.7 Å². The normalized spacial score (nSPS) is 19.4. The molecule has 8 nitrogen and oxygen atoms in total. The van der Waals surface area contributed by atoms with Crippen molar-refractivity contribution in [3.63, 3.8) is 0 Å². The van der Waals surface area contributed by atoms with E-state index in [0.29, 0.717) is 37.7 Å². The maximum Gasteiger partial charge on any atom is 0.251 e. The van der Waals surface area contributed by atoms with Gasteiger partial charge in [0.05, 0.1) is 36.6 Å². The first-order valence-electron chi connectivity index (χ1n) is 15.1. The second-order valence-electron chi connectivity index (χ2n) is 11.9. The van der Waals surface area contributed by atoms with Crippen LogP contribution in [0.4, 0.5) is 5.69 Å². The average Bonchev–Trinajstić information content (AvgIpc) is 3.78. The van der Waals surface area contributed by atoms with Gasteiger partial charge in [-0.2, -0.15) is 0 Å². The summed E-state index contributed by atoms with van der Waals surface area (Å²) in [5.74, 6) is 0.985. The molecular formula is C34H44N4O4. The summed E-state index contributed by atoms with van der Waals surface area (Å²) in [4.78, 5) is 18.3. The van der Waals surface area contributed by atoms with E-state index in [9.17, 15) is 9.90 Å². The molecule has 42 heavy (non-hydrogen) atoms. The number of carbonyl (C=O) groups is 1. The second kappa shape index (κ2) is 13.7. The van der Waals surface area contributed by atoms with Gasteiger partial charge < -0.3 is 30.5 Å². The lowest BCUT2D eigenvalue weighted by Gasteiger charge is -2.27. The van der Waals surface area contributed by atoms with Gasteiger partial charge in [0.15, 0.2) is 0 Å². The molecule has 1 fully saturated rings. The van der Waals surface area contributed by atoms with Gasteiger partial charge in [-0.15, -0.1) is 0 Å². The number of carbonyl (C=O) groups excluding carboxylic acids is 1. The number of fused-ring (bicyclic) bond motifs is 4. The molecule has 0 unspecified atom stereocenters. The van der Waals surface area contributed by atoms with E-state index < -0.39 is 12.1 Å². The number of nitrogens with one attached hydrogen (secondary N) is 3. The number of methoxy groups -OCH3 is 1. The van der Waals surface area contributed by atoms with Crippen molar-refractivity contribution in [2.24, 2.45) is 0 Å². The third-order valence-electron chi connectivity index (χ3n) is 8.21. The summed E-state index contributed by atoms with van der Waals surface area (Å²) >= 11 is 0. The number of aliphatic hydroxyl groups excluding tert-OH is 1. The first-order chi connectivity index (χ1) is 20.3. The molecule has 2 aromatic carbocycles. The summed E-state index contributed by atoms with van der Waals surface area (Å²) in [6.45, 7) is 6.48. The lowest BCUT2D eigenvalue weighted by atomic mass is 9.98. The van der Waals surface area contributed by atoms with E-state index in [-0.39, 0.29) is 11.4 Å². The molecule has 5 rings (SSSR count). The zero-order valence-electron chi connectivity index (χ0n) is 25.0. The van der Waals surface area contributed by atoms with E-state index in [1.54, 1.807) is 7.11 Å². The molecule has 2 heterocycles. The van der Waals surface area contributed by atoms with Gasteiger partial charge in [0.1, 0.15) is 5.75 Å². The van der Waals surface area contributed by atoms with E-state index in [2.05, 4.69) is 46.9 Å². The molecule has 0 spiro atoms. The zero-order chi connectivity index (χ0) is 29.5. The fraction of sp³-hybridized carbons (Fsp3) is 0.471. The third kappa shape index (κ3) is 7.68. The van der Waals surface area contributed by atoms with Crippen LogP contribution >= 0.6 is 0 Å². The minimum absolute atomic E-state index is 0.230. The van der Waals surface area contributed by atoms with Gasteiger partial charge in [0, 0.05) is 37.6 Å². The number of anilines is 1. The number of hydrogen-bond donors (Lipinski definition) is 4. The molecule has 0 radical (unpaired) electrons. The average molecular weight is 573 g/mol. The summed E-state index contributed by atoms with van der Waals surface area (Å²) < 4.78 is 11.4. The molecule has 1 aliphatic carbocycles. The van der Waals surface area contributed by atoms with Gasteiger partial charge in [-0.25, -0.2) is 0 Å². The maximum atomic E-state index is 13.7. The first kappa shape index (κ1) is 30.0. The Bertz CT molecular complexity index is 1360. The van der Waals surface area contributed by atoms with Crippen LogP contribution < -0.4 is 20.7 Å². The number of aromatic nitrogens is 1. The van der Waals surface area contributed by atoms with Crippen molar-refractivity contribution < 1.29 is 19.4 Å². The minimum atomic E-state index is -0.831. The molecule has 3 aromatic rings. The van der Waals surface area contributed by atoms with Gasteiger partial charge >= 0.3 is 0 Å². The fourth-order valence-corrected chi connectivity index (χ4v) is 5.53. The third-order valence-corrected chi connectivity index (χ3v) is 8.21. The van der Waals surface area contributed by atoms with Crippen LogP contribution in [0.15, 0.2) is 60.8 Å². The fourth-order valence-electron chi connectivity index (χ4n) is 5.53. The highest BCUT2D eigenvalue weighted by Crippen LogP contribution is 2.45. The number of benzene rings is 2. The molecule has 1 aromatic heterocycles. The lowest BCUT2D eigenvalue weighted by Crippen LogP contribution is -2.50. The molecule has 1 saturated carbocycles. The van der Waals surface area contributed by atoms with Gasteiger partial charge in [-0.1, -0.05) is 26.0 Å². The molecule has 2 aliphatic rings. The van der Waals surface area contributed by atoms with Gasteiger partial charge in [0.2, 0.25) is 0 Å². The Labute approximate surface area is 249 Å². The van der Waals surface area contributed by atoms with Gasteiger partial charge in [0.25, 0.3) is 5.91 Å². The van der Waals surface area contributed by atoms with Crippen LogP contribution in [0.3, 0.4) is 0 Å². The van der Waals surface area contributed by atoms with Crippen LogP contribution in [0.1, 0.15) is 78.2 Å². The van der Waals surface area contributed by atoms with E-state index in [4.69, 9.17) is 9.47 Å². The van der Waals surface area contributed by atoms with Crippen LogP contribution in [0.2, 0.25) is 0 Å². The predicted octanol–water partition coefficient (Wildman–Crippen LogP) is 4.92. The number of nitrogens with zero attached hydrogens (tertiary/aromatic N) is 1. The molecule has 2 atom stereocenters. The lowest BCUT2D eigenvalue weighted by molar-refractivity contribution is 0.0821. The zero-order valence-corrected chi connectivity index (χ0v) is 25.0.